The third-order valence-corrected chi connectivity index (χ3v) is 6.04. The van der Waals surface area contributed by atoms with E-state index in [9.17, 15) is 18.8 Å². The first kappa shape index (κ1) is 20.0. The molecule has 0 unspecified atom stereocenters. The zero-order chi connectivity index (χ0) is 21.3. The fraction of sp³-hybridized carbons (Fsp3) is 0.227. The van der Waals surface area contributed by atoms with Crippen molar-refractivity contribution in [2.45, 2.75) is 25.8 Å². The van der Waals surface area contributed by atoms with E-state index in [1.807, 2.05) is 16.8 Å². The van der Waals surface area contributed by atoms with Crippen LogP contribution in [0, 0.1) is 5.82 Å². The van der Waals surface area contributed by atoms with Crippen LogP contribution in [0.15, 0.2) is 52.1 Å². The highest BCUT2D eigenvalue weighted by Crippen LogP contribution is 2.23. The van der Waals surface area contributed by atoms with Gasteiger partial charge in [0.25, 0.3) is 11.5 Å². The molecule has 0 fully saturated rings. The van der Waals surface area contributed by atoms with E-state index in [4.69, 9.17) is 5.73 Å². The fourth-order valence-electron chi connectivity index (χ4n) is 3.76. The van der Waals surface area contributed by atoms with Gasteiger partial charge >= 0.3 is 0 Å². The molecule has 0 saturated carbocycles. The van der Waals surface area contributed by atoms with Crippen LogP contribution in [0.4, 0.5) is 4.39 Å². The van der Waals surface area contributed by atoms with Crippen molar-refractivity contribution in [1.82, 2.24) is 9.47 Å². The molecule has 1 aliphatic heterocycles. The number of aromatic nitrogens is 1. The van der Waals surface area contributed by atoms with E-state index >= 15 is 0 Å². The molecule has 8 heteroatoms. The Kier molecular flexibility index (Phi) is 5.50. The Balaban J connectivity index is 1.65. The van der Waals surface area contributed by atoms with Crippen molar-refractivity contribution in [1.29, 1.82) is 0 Å². The lowest BCUT2D eigenvalue weighted by Gasteiger charge is -2.30. The molecule has 2 N–H and O–H groups in total. The molecule has 0 saturated heterocycles. The first-order chi connectivity index (χ1) is 14.4. The average molecular weight is 425 g/mol. The number of thiophene rings is 1. The van der Waals surface area contributed by atoms with E-state index in [2.05, 4.69) is 0 Å². The number of rotatable bonds is 5. The number of nitrogens with zero attached hydrogens (tertiary/aromatic N) is 2. The highest BCUT2D eigenvalue weighted by molar-refractivity contribution is 7.07. The molecule has 0 bridgehead atoms. The van der Waals surface area contributed by atoms with Gasteiger partial charge in [-0.2, -0.15) is 11.3 Å². The number of hydrogen-bond donors (Lipinski definition) is 1. The Hall–Kier alpha value is -3.26. The standard InChI is InChI=1S/C22H20FN3O3S/c23-16-2-4-17(5-3-16)26-12-15-11-25(19(27)6-1-14-8-10-30-13-14)9-7-18(15)20(21(24)28)22(26)29/h2-5,8,10,12-13H,1,6-7,9,11H2,(H2,24,28). The quantitative estimate of drug-likeness (QED) is 0.682. The number of amides is 2. The molecule has 0 radical (unpaired) electrons. The predicted molar refractivity (Wildman–Crippen MR) is 112 cm³/mol. The molecule has 3 aromatic rings. The largest absolute Gasteiger partial charge is 0.365 e. The Morgan fingerprint density at radius 2 is 1.93 bits per heavy atom. The molecule has 2 aromatic heterocycles. The van der Waals surface area contributed by atoms with Crippen molar-refractivity contribution in [2.75, 3.05) is 6.54 Å². The van der Waals surface area contributed by atoms with Crippen LogP contribution in [0.2, 0.25) is 0 Å². The van der Waals surface area contributed by atoms with Crippen LogP contribution < -0.4 is 11.3 Å². The highest BCUT2D eigenvalue weighted by atomic mass is 32.1. The number of hydrogen-bond acceptors (Lipinski definition) is 4. The molecule has 6 nitrogen and oxygen atoms in total. The summed E-state index contributed by atoms with van der Waals surface area (Å²) >= 11 is 1.60. The summed E-state index contributed by atoms with van der Waals surface area (Å²) in [6.07, 6.45) is 3.08. The monoisotopic (exact) mass is 425 g/mol. The minimum atomic E-state index is -0.801. The molecule has 0 aliphatic carbocycles. The molecule has 0 spiro atoms. The maximum atomic E-state index is 13.3. The van der Waals surface area contributed by atoms with Crippen LogP contribution in [0.3, 0.4) is 0 Å². The minimum absolute atomic E-state index is 0.0204. The summed E-state index contributed by atoms with van der Waals surface area (Å²) < 4.78 is 14.6. The van der Waals surface area contributed by atoms with Gasteiger partial charge in [-0.25, -0.2) is 4.39 Å². The number of nitrogens with two attached hydrogens (primary N) is 1. The smallest absolute Gasteiger partial charge is 0.268 e. The van der Waals surface area contributed by atoms with Gasteiger partial charge in [-0.3, -0.25) is 19.0 Å². The van der Waals surface area contributed by atoms with E-state index in [0.717, 1.165) is 5.56 Å². The third-order valence-electron chi connectivity index (χ3n) is 5.31. The lowest BCUT2D eigenvalue weighted by atomic mass is 9.95. The lowest BCUT2D eigenvalue weighted by molar-refractivity contribution is -0.132. The second-order valence-corrected chi connectivity index (χ2v) is 8.00. The van der Waals surface area contributed by atoms with Gasteiger partial charge in [-0.05, 0) is 70.6 Å². The number of primary amides is 1. The van der Waals surface area contributed by atoms with Crippen LogP contribution >= 0.6 is 11.3 Å². The molecule has 30 heavy (non-hydrogen) atoms. The summed E-state index contributed by atoms with van der Waals surface area (Å²) in [5, 5.41) is 4.01. The van der Waals surface area contributed by atoms with E-state index in [1.165, 1.54) is 28.8 Å². The fourth-order valence-corrected chi connectivity index (χ4v) is 4.46. The molecule has 1 aliphatic rings. The van der Waals surface area contributed by atoms with E-state index in [1.54, 1.807) is 22.4 Å². The van der Waals surface area contributed by atoms with Gasteiger partial charge in [0.2, 0.25) is 5.91 Å². The molecule has 154 valence electrons. The average Bonchev–Trinajstić information content (AvgIpc) is 3.25. The molecule has 2 amide bonds. The summed E-state index contributed by atoms with van der Waals surface area (Å²) in [6, 6.07) is 7.40. The molecule has 0 atom stereocenters. The highest BCUT2D eigenvalue weighted by Gasteiger charge is 2.27. The number of halogens is 1. The van der Waals surface area contributed by atoms with Gasteiger partial charge in [-0.15, -0.1) is 0 Å². The number of carbonyl (C=O) groups is 2. The van der Waals surface area contributed by atoms with Gasteiger partial charge in [0.15, 0.2) is 0 Å². The van der Waals surface area contributed by atoms with Gasteiger partial charge in [0, 0.05) is 31.4 Å². The molecule has 4 rings (SSSR count). The summed E-state index contributed by atoms with van der Waals surface area (Å²) in [6.45, 7) is 0.718. The second kappa shape index (κ2) is 8.23. The minimum Gasteiger partial charge on any atom is -0.365 e. The first-order valence-electron chi connectivity index (χ1n) is 9.56. The lowest BCUT2D eigenvalue weighted by Crippen LogP contribution is -2.40. The third kappa shape index (κ3) is 3.91. The Bertz CT molecular complexity index is 1150. The number of pyridine rings is 1. The van der Waals surface area contributed by atoms with Crippen LogP contribution in [0.25, 0.3) is 5.69 Å². The van der Waals surface area contributed by atoms with Crippen molar-refractivity contribution in [3.63, 3.8) is 0 Å². The number of aryl methyl sites for hydroxylation is 1. The number of benzene rings is 1. The van der Waals surface area contributed by atoms with E-state index in [-0.39, 0.29) is 11.5 Å². The SMILES string of the molecule is NC(=O)c1c2c(cn(-c3ccc(F)cc3)c1=O)CN(C(=O)CCc1ccsc1)CC2. The van der Waals surface area contributed by atoms with Crippen molar-refractivity contribution < 1.29 is 14.0 Å². The van der Waals surface area contributed by atoms with Gasteiger partial charge < -0.3 is 10.6 Å². The van der Waals surface area contributed by atoms with E-state index in [0.29, 0.717) is 49.2 Å². The molecular formula is C22H20FN3O3S. The summed E-state index contributed by atoms with van der Waals surface area (Å²) in [7, 11) is 0. The number of carbonyl (C=O) groups excluding carboxylic acids is 2. The topological polar surface area (TPSA) is 85.4 Å². The molecule has 1 aromatic carbocycles. The van der Waals surface area contributed by atoms with Crippen LogP contribution in [-0.2, 0) is 24.2 Å². The molecule has 3 heterocycles. The molecular weight excluding hydrogens is 405 g/mol. The van der Waals surface area contributed by atoms with Gasteiger partial charge in [0.05, 0.1) is 0 Å². The van der Waals surface area contributed by atoms with Crippen LogP contribution in [0.5, 0.6) is 0 Å². The van der Waals surface area contributed by atoms with Crippen molar-refractivity contribution in [2.24, 2.45) is 5.73 Å². The van der Waals surface area contributed by atoms with Crippen LogP contribution in [0.1, 0.15) is 33.5 Å². The first-order valence-corrected chi connectivity index (χ1v) is 10.5. The maximum Gasteiger partial charge on any atom is 0.268 e. The van der Waals surface area contributed by atoms with E-state index < -0.39 is 17.3 Å². The summed E-state index contributed by atoms with van der Waals surface area (Å²) in [5.74, 6) is -1.21. The maximum absolute atomic E-state index is 13.3. The second-order valence-electron chi connectivity index (χ2n) is 7.22. The zero-order valence-electron chi connectivity index (χ0n) is 16.1. The van der Waals surface area contributed by atoms with Gasteiger partial charge in [0.1, 0.15) is 11.4 Å². The Labute approximate surface area is 176 Å². The van der Waals surface area contributed by atoms with Crippen LogP contribution in [-0.4, -0.2) is 27.8 Å². The van der Waals surface area contributed by atoms with Gasteiger partial charge in [-0.1, -0.05) is 0 Å². The van der Waals surface area contributed by atoms with Crippen molar-refractivity contribution in [3.05, 3.63) is 85.7 Å². The van der Waals surface area contributed by atoms with Crippen molar-refractivity contribution in [3.8, 4) is 5.69 Å². The van der Waals surface area contributed by atoms with Crippen molar-refractivity contribution >= 4 is 23.2 Å². The summed E-state index contributed by atoms with van der Waals surface area (Å²) in [5.41, 5.74) is 7.75. The predicted octanol–water partition coefficient (Wildman–Crippen LogP) is 2.65. The normalized spacial score (nSPS) is 13.2. The summed E-state index contributed by atoms with van der Waals surface area (Å²) in [4.78, 5) is 39.4. The Morgan fingerprint density at radius 3 is 2.60 bits per heavy atom. The Morgan fingerprint density at radius 1 is 1.17 bits per heavy atom. The zero-order valence-corrected chi connectivity index (χ0v) is 17.0. The number of fused-ring (bicyclic) bond motifs is 1.